The molecule has 0 aromatic carbocycles. The standard InChI is InChI=1S/C16H19N3O3S/c1-9-3-4-23-15(9)16(21)17-11-5-10(6-11)12-7-14(20)19-13(18-12)8-22-2/h3-4,7,10-11H,5-6,8H2,1-2H3,(H,17,21)(H,18,19,20). The molecule has 1 amide bonds. The van der Waals surface area contributed by atoms with Gasteiger partial charge in [0.1, 0.15) is 12.4 Å². The lowest BCUT2D eigenvalue weighted by Crippen LogP contribution is -2.43. The molecule has 3 rings (SSSR count). The van der Waals surface area contributed by atoms with Gasteiger partial charge in [-0.25, -0.2) is 4.98 Å². The lowest BCUT2D eigenvalue weighted by atomic mass is 9.78. The number of aromatic nitrogens is 2. The molecule has 0 saturated heterocycles. The Kier molecular flexibility index (Phi) is 4.58. The van der Waals surface area contributed by atoms with Gasteiger partial charge in [-0.05, 0) is 36.8 Å². The number of ether oxygens (including phenoxy) is 1. The number of nitrogens with one attached hydrogen (secondary N) is 2. The van der Waals surface area contributed by atoms with E-state index < -0.39 is 0 Å². The molecule has 0 spiro atoms. The van der Waals surface area contributed by atoms with Gasteiger partial charge in [-0.15, -0.1) is 11.3 Å². The molecule has 2 N–H and O–H groups in total. The topological polar surface area (TPSA) is 84.1 Å². The molecule has 1 fully saturated rings. The average Bonchev–Trinajstić information content (AvgIpc) is 2.88. The molecule has 0 bridgehead atoms. The van der Waals surface area contributed by atoms with E-state index in [1.165, 1.54) is 17.4 Å². The maximum Gasteiger partial charge on any atom is 0.261 e. The molecule has 1 saturated carbocycles. The Morgan fingerprint density at radius 3 is 2.96 bits per heavy atom. The number of hydrogen-bond acceptors (Lipinski definition) is 5. The number of thiophene rings is 1. The van der Waals surface area contributed by atoms with E-state index in [2.05, 4.69) is 15.3 Å². The highest BCUT2D eigenvalue weighted by Gasteiger charge is 2.33. The van der Waals surface area contributed by atoms with Crippen molar-refractivity contribution in [3.63, 3.8) is 0 Å². The van der Waals surface area contributed by atoms with E-state index >= 15 is 0 Å². The fourth-order valence-electron chi connectivity index (χ4n) is 2.78. The smallest absolute Gasteiger partial charge is 0.261 e. The first-order chi connectivity index (χ1) is 11.1. The maximum atomic E-state index is 12.2. The molecule has 1 aliphatic carbocycles. The first-order valence-corrected chi connectivity index (χ1v) is 8.39. The molecule has 2 aromatic rings. The van der Waals surface area contributed by atoms with Gasteiger partial charge >= 0.3 is 0 Å². The summed E-state index contributed by atoms with van der Waals surface area (Å²) in [7, 11) is 1.56. The summed E-state index contributed by atoms with van der Waals surface area (Å²) >= 11 is 1.46. The minimum absolute atomic E-state index is 0.0140. The van der Waals surface area contributed by atoms with Gasteiger partial charge in [0.05, 0.1) is 10.6 Å². The molecule has 122 valence electrons. The molecule has 1 aliphatic rings. The van der Waals surface area contributed by atoms with Crippen LogP contribution in [0.15, 0.2) is 22.3 Å². The number of rotatable bonds is 5. The van der Waals surface area contributed by atoms with Crippen molar-refractivity contribution < 1.29 is 9.53 Å². The SMILES string of the molecule is COCc1nc(C2CC(NC(=O)c3sccc3C)C2)cc(=O)[nH]1. The van der Waals surface area contributed by atoms with Gasteiger partial charge in [0.25, 0.3) is 11.5 Å². The van der Waals surface area contributed by atoms with Gasteiger partial charge in [0.15, 0.2) is 0 Å². The number of aryl methyl sites for hydroxylation is 1. The Bertz CT molecular complexity index is 762. The van der Waals surface area contributed by atoms with Crippen LogP contribution >= 0.6 is 11.3 Å². The van der Waals surface area contributed by atoms with Crippen molar-refractivity contribution in [2.45, 2.75) is 38.3 Å². The number of carbonyl (C=O) groups is 1. The summed E-state index contributed by atoms with van der Waals surface area (Å²) in [5.74, 6) is 0.735. The Balaban J connectivity index is 1.60. The van der Waals surface area contributed by atoms with E-state index in [1.807, 2.05) is 18.4 Å². The predicted molar refractivity (Wildman–Crippen MR) is 87.9 cm³/mol. The van der Waals surface area contributed by atoms with Crippen LogP contribution in [0.25, 0.3) is 0 Å². The van der Waals surface area contributed by atoms with Crippen LogP contribution in [0.2, 0.25) is 0 Å². The van der Waals surface area contributed by atoms with Crippen molar-refractivity contribution in [2.24, 2.45) is 0 Å². The Morgan fingerprint density at radius 2 is 2.30 bits per heavy atom. The molecule has 0 unspecified atom stereocenters. The van der Waals surface area contributed by atoms with Crippen molar-refractivity contribution in [2.75, 3.05) is 7.11 Å². The second kappa shape index (κ2) is 6.64. The third-order valence-corrected chi connectivity index (χ3v) is 5.07. The highest BCUT2D eigenvalue weighted by Crippen LogP contribution is 2.35. The summed E-state index contributed by atoms with van der Waals surface area (Å²) < 4.78 is 5.01. The Morgan fingerprint density at radius 1 is 1.52 bits per heavy atom. The van der Waals surface area contributed by atoms with Crippen LogP contribution in [0.1, 0.15) is 45.5 Å². The average molecular weight is 333 g/mol. The summed E-state index contributed by atoms with van der Waals surface area (Å²) in [6.45, 7) is 2.22. The summed E-state index contributed by atoms with van der Waals surface area (Å²) in [6, 6.07) is 3.62. The van der Waals surface area contributed by atoms with Gasteiger partial charge in [0.2, 0.25) is 0 Å². The molecule has 2 heterocycles. The molecule has 0 radical (unpaired) electrons. The zero-order valence-electron chi connectivity index (χ0n) is 13.1. The van der Waals surface area contributed by atoms with Gasteiger partial charge in [0, 0.05) is 25.1 Å². The van der Waals surface area contributed by atoms with Crippen molar-refractivity contribution in [3.05, 3.63) is 49.8 Å². The predicted octanol–water partition coefficient (Wildman–Crippen LogP) is 1.96. The molecule has 6 nitrogen and oxygen atoms in total. The third-order valence-electron chi connectivity index (χ3n) is 4.05. The second-order valence-electron chi connectivity index (χ2n) is 5.82. The van der Waals surface area contributed by atoms with Crippen LogP contribution in [-0.2, 0) is 11.3 Å². The molecule has 23 heavy (non-hydrogen) atoms. The van der Waals surface area contributed by atoms with E-state index in [0.29, 0.717) is 5.82 Å². The number of nitrogens with zero attached hydrogens (tertiary/aromatic N) is 1. The minimum Gasteiger partial charge on any atom is -0.377 e. The van der Waals surface area contributed by atoms with Gasteiger partial charge in [-0.2, -0.15) is 0 Å². The van der Waals surface area contributed by atoms with E-state index in [9.17, 15) is 9.59 Å². The molecular weight excluding hydrogens is 314 g/mol. The maximum absolute atomic E-state index is 12.2. The van der Waals surface area contributed by atoms with E-state index in [4.69, 9.17) is 4.74 Å². The summed E-state index contributed by atoms with van der Waals surface area (Å²) in [4.78, 5) is 31.7. The highest BCUT2D eigenvalue weighted by atomic mass is 32.1. The van der Waals surface area contributed by atoms with Crippen molar-refractivity contribution in [1.82, 2.24) is 15.3 Å². The van der Waals surface area contributed by atoms with E-state index in [1.54, 1.807) is 7.11 Å². The van der Waals surface area contributed by atoms with Crippen LogP contribution in [0, 0.1) is 6.92 Å². The summed E-state index contributed by atoms with van der Waals surface area (Å²) in [5, 5.41) is 4.97. The normalized spacial score (nSPS) is 20.1. The quantitative estimate of drug-likeness (QED) is 0.876. The first-order valence-electron chi connectivity index (χ1n) is 7.51. The molecule has 0 aliphatic heterocycles. The van der Waals surface area contributed by atoms with Crippen LogP contribution < -0.4 is 10.9 Å². The largest absolute Gasteiger partial charge is 0.377 e. The van der Waals surface area contributed by atoms with Crippen LogP contribution in [0.3, 0.4) is 0 Å². The Labute approximate surface area is 137 Å². The molecule has 7 heteroatoms. The number of H-pyrrole nitrogens is 1. The monoisotopic (exact) mass is 333 g/mol. The lowest BCUT2D eigenvalue weighted by molar-refractivity contribution is 0.0911. The fourth-order valence-corrected chi connectivity index (χ4v) is 3.60. The number of aromatic amines is 1. The highest BCUT2D eigenvalue weighted by molar-refractivity contribution is 7.12. The Hall–Kier alpha value is -1.99. The minimum atomic E-state index is -0.163. The summed E-state index contributed by atoms with van der Waals surface area (Å²) in [5.41, 5.74) is 1.62. The molecule has 0 atom stereocenters. The third kappa shape index (κ3) is 3.51. The van der Waals surface area contributed by atoms with Crippen molar-refractivity contribution in [1.29, 1.82) is 0 Å². The van der Waals surface area contributed by atoms with E-state index in [-0.39, 0.29) is 30.0 Å². The zero-order valence-corrected chi connectivity index (χ0v) is 13.9. The van der Waals surface area contributed by atoms with Crippen molar-refractivity contribution >= 4 is 17.2 Å². The lowest BCUT2D eigenvalue weighted by Gasteiger charge is -2.35. The van der Waals surface area contributed by atoms with Crippen LogP contribution in [0.5, 0.6) is 0 Å². The zero-order chi connectivity index (χ0) is 16.4. The summed E-state index contributed by atoms with van der Waals surface area (Å²) in [6.07, 6.45) is 1.61. The molecular formula is C16H19N3O3S. The van der Waals surface area contributed by atoms with Crippen molar-refractivity contribution in [3.8, 4) is 0 Å². The van der Waals surface area contributed by atoms with Crippen LogP contribution in [0.4, 0.5) is 0 Å². The van der Waals surface area contributed by atoms with Crippen LogP contribution in [-0.4, -0.2) is 29.0 Å². The van der Waals surface area contributed by atoms with Gasteiger partial charge in [-0.3, -0.25) is 9.59 Å². The number of methoxy groups -OCH3 is 1. The number of hydrogen-bond donors (Lipinski definition) is 2. The number of carbonyl (C=O) groups excluding carboxylic acids is 1. The van der Waals surface area contributed by atoms with Gasteiger partial charge < -0.3 is 15.0 Å². The first kappa shape index (κ1) is 15.9. The fraction of sp³-hybridized carbons (Fsp3) is 0.438. The van der Waals surface area contributed by atoms with Gasteiger partial charge in [-0.1, -0.05) is 0 Å². The molecule has 2 aromatic heterocycles. The second-order valence-corrected chi connectivity index (χ2v) is 6.74. The van der Waals surface area contributed by atoms with E-state index in [0.717, 1.165) is 29.0 Å². The number of amides is 1.